The SMILES string of the molecule is COc1ccc(F)cc1C(N)c1ncc(C)cc1C. The number of ether oxygens (including phenoxy) is 1. The van der Waals surface area contributed by atoms with Crippen molar-refractivity contribution < 1.29 is 9.13 Å². The number of pyridine rings is 1. The molecule has 0 amide bonds. The molecule has 100 valence electrons. The molecule has 1 heterocycles. The van der Waals surface area contributed by atoms with E-state index in [-0.39, 0.29) is 5.82 Å². The molecule has 1 aromatic heterocycles. The number of hydrogen-bond donors (Lipinski definition) is 1. The van der Waals surface area contributed by atoms with Crippen molar-refractivity contribution >= 4 is 0 Å². The Balaban J connectivity index is 2.49. The van der Waals surface area contributed by atoms with Gasteiger partial charge in [0.05, 0.1) is 18.8 Å². The Kier molecular flexibility index (Phi) is 3.81. The summed E-state index contributed by atoms with van der Waals surface area (Å²) in [5.74, 6) is 0.228. The predicted molar refractivity (Wildman–Crippen MR) is 72.7 cm³/mol. The maximum absolute atomic E-state index is 13.4. The molecule has 2 rings (SSSR count). The van der Waals surface area contributed by atoms with Gasteiger partial charge in [-0.25, -0.2) is 4.39 Å². The maximum atomic E-state index is 13.4. The van der Waals surface area contributed by atoms with Crippen LogP contribution in [0.15, 0.2) is 30.5 Å². The number of hydrogen-bond acceptors (Lipinski definition) is 3. The van der Waals surface area contributed by atoms with E-state index in [1.807, 2.05) is 19.9 Å². The van der Waals surface area contributed by atoms with Crippen LogP contribution in [0.1, 0.15) is 28.4 Å². The van der Waals surface area contributed by atoms with Crippen LogP contribution < -0.4 is 10.5 Å². The average Bonchev–Trinajstić information content (AvgIpc) is 2.38. The molecule has 2 aromatic rings. The van der Waals surface area contributed by atoms with Crippen LogP contribution in [0.5, 0.6) is 5.75 Å². The van der Waals surface area contributed by atoms with Crippen molar-refractivity contribution in [1.82, 2.24) is 4.98 Å². The zero-order valence-corrected chi connectivity index (χ0v) is 11.3. The summed E-state index contributed by atoms with van der Waals surface area (Å²) in [5.41, 5.74) is 9.59. The summed E-state index contributed by atoms with van der Waals surface area (Å²) in [6.45, 7) is 3.92. The van der Waals surface area contributed by atoms with Crippen LogP contribution in [-0.4, -0.2) is 12.1 Å². The molecule has 0 radical (unpaired) electrons. The molecule has 2 N–H and O–H groups in total. The van der Waals surface area contributed by atoms with Gasteiger partial charge >= 0.3 is 0 Å². The monoisotopic (exact) mass is 260 g/mol. The summed E-state index contributed by atoms with van der Waals surface area (Å²) in [6.07, 6.45) is 1.76. The van der Waals surface area contributed by atoms with E-state index in [1.54, 1.807) is 19.4 Å². The van der Waals surface area contributed by atoms with Gasteiger partial charge in [0, 0.05) is 11.8 Å². The first-order valence-electron chi connectivity index (χ1n) is 6.05. The number of rotatable bonds is 3. The summed E-state index contributed by atoms with van der Waals surface area (Å²) >= 11 is 0. The Labute approximate surface area is 112 Å². The highest BCUT2D eigenvalue weighted by molar-refractivity contribution is 5.42. The summed E-state index contributed by atoms with van der Waals surface area (Å²) in [4.78, 5) is 4.36. The molecule has 3 nitrogen and oxygen atoms in total. The van der Waals surface area contributed by atoms with Crippen LogP contribution in [0.4, 0.5) is 4.39 Å². The molecule has 1 unspecified atom stereocenters. The minimum absolute atomic E-state index is 0.337. The molecule has 0 spiro atoms. The number of aromatic nitrogens is 1. The van der Waals surface area contributed by atoms with Gasteiger partial charge in [-0.2, -0.15) is 0 Å². The van der Waals surface area contributed by atoms with E-state index in [0.717, 1.165) is 16.8 Å². The molecule has 0 aliphatic carbocycles. The van der Waals surface area contributed by atoms with Crippen molar-refractivity contribution in [3.8, 4) is 5.75 Å². The van der Waals surface area contributed by atoms with Gasteiger partial charge in [-0.05, 0) is 43.2 Å². The van der Waals surface area contributed by atoms with Crippen LogP contribution in [0.2, 0.25) is 0 Å². The molecule has 0 bridgehead atoms. The van der Waals surface area contributed by atoms with Crippen molar-refractivity contribution in [2.75, 3.05) is 7.11 Å². The first-order valence-corrected chi connectivity index (χ1v) is 6.05. The third-order valence-electron chi connectivity index (χ3n) is 3.08. The molecule has 0 aliphatic rings. The first-order chi connectivity index (χ1) is 9.02. The quantitative estimate of drug-likeness (QED) is 0.923. The van der Waals surface area contributed by atoms with Crippen LogP contribution >= 0.6 is 0 Å². The highest BCUT2D eigenvalue weighted by Gasteiger charge is 2.18. The lowest BCUT2D eigenvalue weighted by atomic mass is 9.99. The van der Waals surface area contributed by atoms with Crippen molar-refractivity contribution in [3.05, 3.63) is 58.7 Å². The number of methoxy groups -OCH3 is 1. The van der Waals surface area contributed by atoms with E-state index >= 15 is 0 Å². The zero-order chi connectivity index (χ0) is 14.0. The van der Waals surface area contributed by atoms with Crippen molar-refractivity contribution in [2.45, 2.75) is 19.9 Å². The van der Waals surface area contributed by atoms with Gasteiger partial charge in [0.2, 0.25) is 0 Å². The van der Waals surface area contributed by atoms with Gasteiger partial charge in [-0.1, -0.05) is 6.07 Å². The largest absolute Gasteiger partial charge is 0.496 e. The third-order valence-corrected chi connectivity index (χ3v) is 3.08. The van der Waals surface area contributed by atoms with E-state index in [9.17, 15) is 4.39 Å². The fourth-order valence-corrected chi connectivity index (χ4v) is 2.15. The summed E-state index contributed by atoms with van der Waals surface area (Å²) in [6, 6.07) is 5.82. The highest BCUT2D eigenvalue weighted by Crippen LogP contribution is 2.29. The Morgan fingerprint density at radius 3 is 2.63 bits per heavy atom. The summed E-state index contributed by atoms with van der Waals surface area (Å²) in [7, 11) is 1.54. The molecule has 4 heteroatoms. The molecule has 19 heavy (non-hydrogen) atoms. The molecular formula is C15H17FN2O. The fraction of sp³-hybridized carbons (Fsp3) is 0.267. The molecule has 1 atom stereocenters. The summed E-state index contributed by atoms with van der Waals surface area (Å²) < 4.78 is 18.6. The number of aryl methyl sites for hydroxylation is 2. The van der Waals surface area contributed by atoms with Gasteiger partial charge < -0.3 is 10.5 Å². The number of halogens is 1. The minimum atomic E-state index is -0.508. The smallest absolute Gasteiger partial charge is 0.124 e. The molecule has 0 saturated carbocycles. The van der Waals surface area contributed by atoms with Crippen molar-refractivity contribution in [1.29, 1.82) is 0 Å². The number of nitrogens with zero attached hydrogens (tertiary/aromatic N) is 1. The fourth-order valence-electron chi connectivity index (χ4n) is 2.15. The number of nitrogens with two attached hydrogens (primary N) is 1. The van der Waals surface area contributed by atoms with Gasteiger partial charge in [0.1, 0.15) is 11.6 Å². The number of benzene rings is 1. The minimum Gasteiger partial charge on any atom is -0.496 e. The standard InChI is InChI=1S/C15H17FN2O/c1-9-6-10(2)15(18-8-9)14(17)12-7-11(16)4-5-13(12)19-3/h4-8,14H,17H2,1-3H3. The van der Waals surface area contributed by atoms with E-state index < -0.39 is 6.04 Å². The molecule has 0 saturated heterocycles. The van der Waals surface area contributed by atoms with Crippen LogP contribution in [0, 0.1) is 19.7 Å². The second-order valence-electron chi connectivity index (χ2n) is 4.58. The maximum Gasteiger partial charge on any atom is 0.124 e. The molecule has 0 aliphatic heterocycles. The Bertz CT molecular complexity index is 599. The van der Waals surface area contributed by atoms with E-state index in [4.69, 9.17) is 10.5 Å². The Morgan fingerprint density at radius 1 is 1.26 bits per heavy atom. The average molecular weight is 260 g/mol. The third kappa shape index (κ3) is 2.74. The Hall–Kier alpha value is -1.94. The van der Waals surface area contributed by atoms with Gasteiger partial charge in [0.15, 0.2) is 0 Å². The second-order valence-corrected chi connectivity index (χ2v) is 4.58. The first kappa shape index (κ1) is 13.5. The normalized spacial score (nSPS) is 12.3. The van der Waals surface area contributed by atoms with E-state index in [2.05, 4.69) is 4.98 Å². The van der Waals surface area contributed by atoms with Crippen LogP contribution in [0.25, 0.3) is 0 Å². The lowest BCUT2D eigenvalue weighted by Crippen LogP contribution is -2.16. The van der Waals surface area contributed by atoms with E-state index in [0.29, 0.717) is 11.3 Å². The van der Waals surface area contributed by atoms with Gasteiger partial charge in [0.25, 0.3) is 0 Å². The molecule has 1 aromatic carbocycles. The lowest BCUT2D eigenvalue weighted by Gasteiger charge is -2.17. The van der Waals surface area contributed by atoms with Gasteiger partial charge in [-0.15, -0.1) is 0 Å². The highest BCUT2D eigenvalue weighted by atomic mass is 19.1. The van der Waals surface area contributed by atoms with Crippen molar-refractivity contribution in [3.63, 3.8) is 0 Å². The van der Waals surface area contributed by atoms with Gasteiger partial charge in [-0.3, -0.25) is 4.98 Å². The lowest BCUT2D eigenvalue weighted by molar-refractivity contribution is 0.406. The van der Waals surface area contributed by atoms with Crippen LogP contribution in [-0.2, 0) is 0 Å². The Morgan fingerprint density at radius 2 is 2.00 bits per heavy atom. The van der Waals surface area contributed by atoms with Crippen molar-refractivity contribution in [2.24, 2.45) is 5.73 Å². The summed E-state index contributed by atoms with van der Waals surface area (Å²) in [5, 5.41) is 0. The van der Waals surface area contributed by atoms with Crippen LogP contribution in [0.3, 0.4) is 0 Å². The zero-order valence-electron chi connectivity index (χ0n) is 11.3. The molecule has 0 fully saturated rings. The predicted octanol–water partition coefficient (Wildman–Crippen LogP) is 2.89. The topological polar surface area (TPSA) is 48.1 Å². The second kappa shape index (κ2) is 5.36. The molecular weight excluding hydrogens is 243 g/mol. The van der Waals surface area contributed by atoms with E-state index in [1.165, 1.54) is 12.1 Å².